The predicted molar refractivity (Wildman–Crippen MR) is 51.0 cm³/mol. The molecule has 3 aliphatic rings. The molecule has 1 N–H and O–H groups in total. The minimum atomic E-state index is 0.480. The highest BCUT2D eigenvalue weighted by Crippen LogP contribution is 2.34. The van der Waals surface area contributed by atoms with Crippen molar-refractivity contribution < 1.29 is 4.74 Å². The van der Waals surface area contributed by atoms with E-state index in [0.717, 1.165) is 13.0 Å². The molecule has 0 aromatic heterocycles. The molecule has 3 heterocycles. The molecular formula is C10H16N2O. The zero-order chi connectivity index (χ0) is 8.67. The first-order valence-corrected chi connectivity index (χ1v) is 5.37. The fourth-order valence-corrected chi connectivity index (χ4v) is 2.66. The molecule has 0 aliphatic carbocycles. The monoisotopic (exact) mass is 180 g/mol. The summed E-state index contributed by atoms with van der Waals surface area (Å²) in [5.74, 6) is 1.22. The standard InChI is InChI=1S/C10H16N2O/c1-2-10(11-5-1)12-8-6-7-3-4-9(8)13-7/h7-9H,1-6H2,(H,11,12). The molecule has 0 aromatic carbocycles. The largest absolute Gasteiger partial charge is 0.373 e. The van der Waals surface area contributed by atoms with E-state index in [0.29, 0.717) is 18.2 Å². The zero-order valence-corrected chi connectivity index (χ0v) is 7.83. The molecule has 2 bridgehead atoms. The van der Waals surface area contributed by atoms with Crippen LogP contribution < -0.4 is 5.32 Å². The lowest BCUT2D eigenvalue weighted by Crippen LogP contribution is -2.40. The van der Waals surface area contributed by atoms with Gasteiger partial charge < -0.3 is 10.1 Å². The van der Waals surface area contributed by atoms with E-state index in [1.807, 2.05) is 0 Å². The Bertz CT molecular complexity index is 239. The minimum Gasteiger partial charge on any atom is -0.373 e. The second-order valence-corrected chi connectivity index (χ2v) is 4.29. The van der Waals surface area contributed by atoms with E-state index in [4.69, 9.17) is 4.74 Å². The van der Waals surface area contributed by atoms with Gasteiger partial charge in [0.1, 0.15) is 0 Å². The molecule has 3 rings (SSSR count). The second kappa shape index (κ2) is 2.98. The molecule has 0 saturated carbocycles. The number of hydrogen-bond acceptors (Lipinski definition) is 3. The van der Waals surface area contributed by atoms with E-state index < -0.39 is 0 Å². The van der Waals surface area contributed by atoms with Gasteiger partial charge in [0, 0.05) is 13.0 Å². The molecule has 2 fully saturated rings. The Morgan fingerprint density at radius 2 is 2.38 bits per heavy atom. The maximum atomic E-state index is 5.78. The average Bonchev–Trinajstić information content (AvgIpc) is 2.77. The van der Waals surface area contributed by atoms with Gasteiger partial charge in [-0.15, -0.1) is 0 Å². The first kappa shape index (κ1) is 7.80. The van der Waals surface area contributed by atoms with Crippen molar-refractivity contribution in [2.75, 3.05) is 6.54 Å². The zero-order valence-electron chi connectivity index (χ0n) is 7.83. The van der Waals surface area contributed by atoms with E-state index in [9.17, 15) is 0 Å². The summed E-state index contributed by atoms with van der Waals surface area (Å²) in [7, 11) is 0. The minimum absolute atomic E-state index is 0.480. The summed E-state index contributed by atoms with van der Waals surface area (Å²) in [5, 5.41) is 3.53. The maximum absolute atomic E-state index is 5.78. The lowest BCUT2D eigenvalue weighted by molar-refractivity contribution is 0.0993. The quantitative estimate of drug-likeness (QED) is 0.655. The van der Waals surface area contributed by atoms with Gasteiger partial charge in [0.2, 0.25) is 0 Å². The third-order valence-electron chi connectivity index (χ3n) is 3.33. The topological polar surface area (TPSA) is 33.6 Å². The predicted octanol–water partition coefficient (Wildman–Crippen LogP) is 1.09. The van der Waals surface area contributed by atoms with Crippen LogP contribution in [0, 0.1) is 0 Å². The van der Waals surface area contributed by atoms with Gasteiger partial charge in [0.15, 0.2) is 0 Å². The summed E-state index contributed by atoms with van der Waals surface area (Å²) in [6.07, 6.45) is 7.12. The molecule has 3 heteroatoms. The van der Waals surface area contributed by atoms with Gasteiger partial charge in [-0.3, -0.25) is 4.99 Å². The van der Waals surface area contributed by atoms with Crippen molar-refractivity contribution in [2.45, 2.75) is 50.4 Å². The fraction of sp³-hybridized carbons (Fsp3) is 0.900. The first-order chi connectivity index (χ1) is 6.42. The van der Waals surface area contributed by atoms with Crippen LogP contribution >= 0.6 is 0 Å². The Hall–Kier alpha value is -0.570. The number of hydrogen-bond donors (Lipinski definition) is 1. The van der Waals surface area contributed by atoms with Crippen molar-refractivity contribution in [1.29, 1.82) is 0 Å². The van der Waals surface area contributed by atoms with Gasteiger partial charge in [-0.25, -0.2) is 0 Å². The maximum Gasteiger partial charge on any atom is 0.0966 e. The SMILES string of the molecule is C1CN=C(NC2CC3CCC2O3)C1. The van der Waals surface area contributed by atoms with Crippen molar-refractivity contribution in [1.82, 2.24) is 5.32 Å². The lowest BCUT2D eigenvalue weighted by Gasteiger charge is -2.20. The van der Waals surface area contributed by atoms with Crippen LogP contribution in [0.1, 0.15) is 32.1 Å². The van der Waals surface area contributed by atoms with Crippen molar-refractivity contribution >= 4 is 5.84 Å². The lowest BCUT2D eigenvalue weighted by atomic mass is 9.95. The van der Waals surface area contributed by atoms with E-state index >= 15 is 0 Å². The van der Waals surface area contributed by atoms with Crippen LogP contribution in [0.4, 0.5) is 0 Å². The molecule has 13 heavy (non-hydrogen) atoms. The van der Waals surface area contributed by atoms with E-state index in [2.05, 4.69) is 10.3 Å². The number of amidine groups is 1. The molecule has 0 amide bonds. The Balaban J connectivity index is 1.61. The average molecular weight is 180 g/mol. The van der Waals surface area contributed by atoms with Crippen LogP contribution in [0.5, 0.6) is 0 Å². The number of aliphatic imine (C=N–C) groups is 1. The van der Waals surface area contributed by atoms with Gasteiger partial charge >= 0.3 is 0 Å². The van der Waals surface area contributed by atoms with Gasteiger partial charge in [0.05, 0.1) is 24.1 Å². The van der Waals surface area contributed by atoms with E-state index in [1.54, 1.807) is 0 Å². The van der Waals surface area contributed by atoms with E-state index in [-0.39, 0.29) is 0 Å². The summed E-state index contributed by atoms with van der Waals surface area (Å²) >= 11 is 0. The number of rotatable bonds is 1. The summed E-state index contributed by atoms with van der Waals surface area (Å²) in [4.78, 5) is 4.43. The third-order valence-corrected chi connectivity index (χ3v) is 3.33. The van der Waals surface area contributed by atoms with Crippen molar-refractivity contribution in [3.05, 3.63) is 0 Å². The van der Waals surface area contributed by atoms with Crippen LogP contribution in [0.3, 0.4) is 0 Å². The van der Waals surface area contributed by atoms with Crippen molar-refractivity contribution in [2.24, 2.45) is 4.99 Å². The highest BCUT2D eigenvalue weighted by atomic mass is 16.5. The Kier molecular flexibility index (Phi) is 1.79. The van der Waals surface area contributed by atoms with Crippen LogP contribution in [-0.2, 0) is 4.74 Å². The van der Waals surface area contributed by atoms with Crippen molar-refractivity contribution in [3.8, 4) is 0 Å². The highest BCUT2D eigenvalue weighted by molar-refractivity contribution is 5.83. The van der Waals surface area contributed by atoms with Gasteiger partial charge in [-0.2, -0.15) is 0 Å². The first-order valence-electron chi connectivity index (χ1n) is 5.37. The molecule has 3 aliphatic heterocycles. The second-order valence-electron chi connectivity index (χ2n) is 4.29. The van der Waals surface area contributed by atoms with Crippen LogP contribution in [0.25, 0.3) is 0 Å². The number of nitrogens with one attached hydrogen (secondary N) is 1. The van der Waals surface area contributed by atoms with Gasteiger partial charge in [-0.05, 0) is 25.7 Å². The molecular weight excluding hydrogens is 164 g/mol. The summed E-state index contributed by atoms with van der Waals surface area (Å²) < 4.78 is 5.78. The Morgan fingerprint density at radius 1 is 1.38 bits per heavy atom. The number of ether oxygens (including phenoxy) is 1. The van der Waals surface area contributed by atoms with Crippen LogP contribution in [0.15, 0.2) is 4.99 Å². The smallest absolute Gasteiger partial charge is 0.0966 e. The molecule has 0 aromatic rings. The normalized spacial score (nSPS) is 42.5. The number of fused-ring (bicyclic) bond motifs is 2. The fourth-order valence-electron chi connectivity index (χ4n) is 2.66. The van der Waals surface area contributed by atoms with Crippen LogP contribution in [-0.4, -0.2) is 30.6 Å². The van der Waals surface area contributed by atoms with E-state index in [1.165, 1.54) is 31.5 Å². The molecule has 3 nitrogen and oxygen atoms in total. The molecule has 72 valence electrons. The summed E-state index contributed by atoms with van der Waals surface area (Å²) in [6.45, 7) is 1.02. The summed E-state index contributed by atoms with van der Waals surface area (Å²) in [6, 6.07) is 0.565. The Labute approximate surface area is 78.6 Å². The Morgan fingerprint density at radius 3 is 3.00 bits per heavy atom. The molecule has 3 unspecified atom stereocenters. The number of nitrogens with zero attached hydrogens (tertiary/aromatic N) is 1. The van der Waals surface area contributed by atoms with Crippen LogP contribution in [0.2, 0.25) is 0 Å². The van der Waals surface area contributed by atoms with Crippen molar-refractivity contribution in [3.63, 3.8) is 0 Å². The highest BCUT2D eigenvalue weighted by Gasteiger charge is 2.41. The molecule has 2 saturated heterocycles. The molecule has 3 atom stereocenters. The van der Waals surface area contributed by atoms with Gasteiger partial charge in [-0.1, -0.05) is 0 Å². The molecule has 0 radical (unpaired) electrons. The molecule has 0 spiro atoms. The third kappa shape index (κ3) is 1.35. The van der Waals surface area contributed by atoms with Gasteiger partial charge in [0.25, 0.3) is 0 Å². The summed E-state index contributed by atoms with van der Waals surface area (Å²) in [5.41, 5.74) is 0.